The number of fused-ring (bicyclic) bond motifs is 1. The minimum absolute atomic E-state index is 0.0197. The van der Waals surface area contributed by atoms with E-state index < -0.39 is 19.9 Å². The predicted molar refractivity (Wildman–Crippen MR) is 122 cm³/mol. The van der Waals surface area contributed by atoms with Crippen molar-refractivity contribution in [2.75, 3.05) is 32.4 Å². The summed E-state index contributed by atoms with van der Waals surface area (Å²) in [6.45, 7) is 4.43. The molecule has 0 atom stereocenters. The van der Waals surface area contributed by atoms with E-state index in [0.717, 1.165) is 12.8 Å². The van der Waals surface area contributed by atoms with Gasteiger partial charge >= 0.3 is 0 Å². The maximum atomic E-state index is 13.2. The molecule has 0 bridgehead atoms. The molecule has 0 aliphatic carbocycles. The molecular formula is C23H26N2O4S2. The molecule has 3 aromatic carbocycles. The van der Waals surface area contributed by atoms with E-state index in [0.29, 0.717) is 31.7 Å². The molecule has 0 amide bonds. The molecule has 1 aliphatic rings. The summed E-state index contributed by atoms with van der Waals surface area (Å²) in [5.74, 6) is 0. The molecule has 31 heavy (non-hydrogen) atoms. The average molecular weight is 459 g/mol. The first kappa shape index (κ1) is 22.0. The molecular weight excluding hydrogens is 432 g/mol. The third-order valence-electron chi connectivity index (χ3n) is 5.81. The largest absolute Gasteiger partial charge is 0.296 e. The Bertz CT molecular complexity index is 1320. The molecule has 1 aliphatic heterocycles. The monoisotopic (exact) mass is 458 g/mol. The molecule has 0 N–H and O–H groups in total. The normalized spacial score (nSPS) is 16.6. The summed E-state index contributed by atoms with van der Waals surface area (Å²) in [6, 6.07) is 18.8. The predicted octanol–water partition coefficient (Wildman–Crippen LogP) is 3.06. The molecule has 0 saturated carbocycles. The Labute approximate surface area is 184 Å². The van der Waals surface area contributed by atoms with Crippen molar-refractivity contribution in [1.82, 2.24) is 9.21 Å². The van der Waals surface area contributed by atoms with Crippen molar-refractivity contribution in [2.24, 2.45) is 0 Å². The van der Waals surface area contributed by atoms with Crippen molar-refractivity contribution in [3.8, 4) is 0 Å². The summed E-state index contributed by atoms with van der Waals surface area (Å²) < 4.78 is 51.7. The van der Waals surface area contributed by atoms with Crippen LogP contribution in [0.25, 0.3) is 10.8 Å². The average Bonchev–Trinajstić information content (AvgIpc) is 2.74. The van der Waals surface area contributed by atoms with Gasteiger partial charge in [0.05, 0.1) is 9.79 Å². The molecule has 0 radical (unpaired) electrons. The van der Waals surface area contributed by atoms with E-state index in [1.54, 1.807) is 13.0 Å². The number of sulfonamides is 1. The van der Waals surface area contributed by atoms with Gasteiger partial charge in [-0.3, -0.25) is 4.90 Å². The number of hydrogen-bond donors (Lipinski definition) is 0. The summed E-state index contributed by atoms with van der Waals surface area (Å²) in [5, 5.41) is 2.41. The van der Waals surface area contributed by atoms with Crippen LogP contribution in [0.1, 0.15) is 11.1 Å². The second kappa shape index (κ2) is 8.35. The first-order valence-electron chi connectivity index (χ1n) is 10.2. The summed E-state index contributed by atoms with van der Waals surface area (Å²) >= 11 is 0. The molecule has 1 heterocycles. The third kappa shape index (κ3) is 4.52. The van der Waals surface area contributed by atoms with Gasteiger partial charge in [-0.25, -0.2) is 16.8 Å². The number of hydrogen-bond acceptors (Lipinski definition) is 5. The van der Waals surface area contributed by atoms with E-state index in [9.17, 15) is 16.8 Å². The minimum atomic E-state index is -3.76. The Kier molecular flexibility index (Phi) is 5.91. The molecule has 1 saturated heterocycles. The molecule has 4 rings (SSSR count). The number of nitrogens with zero attached hydrogens (tertiary/aromatic N) is 2. The summed E-state index contributed by atoms with van der Waals surface area (Å²) in [5.41, 5.74) is 1.77. The molecule has 3 aromatic rings. The fraction of sp³-hybridized carbons (Fsp3) is 0.304. The zero-order valence-corrected chi connectivity index (χ0v) is 19.3. The van der Waals surface area contributed by atoms with E-state index in [4.69, 9.17) is 0 Å². The molecule has 1 fully saturated rings. The van der Waals surface area contributed by atoms with E-state index in [2.05, 4.69) is 35.2 Å². The number of piperazine rings is 1. The second-order valence-electron chi connectivity index (χ2n) is 8.02. The fourth-order valence-corrected chi connectivity index (χ4v) is 6.42. The van der Waals surface area contributed by atoms with Gasteiger partial charge in [0.1, 0.15) is 0 Å². The lowest BCUT2D eigenvalue weighted by atomic mass is 10.0. The van der Waals surface area contributed by atoms with Crippen LogP contribution in [0.4, 0.5) is 0 Å². The van der Waals surface area contributed by atoms with Crippen molar-refractivity contribution in [3.05, 3.63) is 71.8 Å². The third-order valence-corrected chi connectivity index (χ3v) is 8.96. The Morgan fingerprint density at radius 2 is 1.52 bits per heavy atom. The summed E-state index contributed by atoms with van der Waals surface area (Å²) in [6.07, 6.45) is 1.08. The van der Waals surface area contributed by atoms with Gasteiger partial charge in [-0.2, -0.15) is 4.31 Å². The lowest BCUT2D eigenvalue weighted by Crippen LogP contribution is -2.48. The zero-order valence-electron chi connectivity index (χ0n) is 17.7. The van der Waals surface area contributed by atoms with Crippen LogP contribution in [0, 0.1) is 6.92 Å². The first-order chi connectivity index (χ1) is 14.7. The zero-order chi connectivity index (χ0) is 22.2. The minimum Gasteiger partial charge on any atom is -0.296 e. The van der Waals surface area contributed by atoms with Gasteiger partial charge in [0.2, 0.25) is 10.0 Å². The Morgan fingerprint density at radius 1 is 0.839 bits per heavy atom. The molecule has 8 heteroatoms. The maximum absolute atomic E-state index is 13.2. The van der Waals surface area contributed by atoms with Gasteiger partial charge < -0.3 is 0 Å². The van der Waals surface area contributed by atoms with Crippen LogP contribution in [0.3, 0.4) is 0 Å². The van der Waals surface area contributed by atoms with Crippen LogP contribution in [0.2, 0.25) is 0 Å². The highest BCUT2D eigenvalue weighted by Gasteiger charge is 2.30. The highest BCUT2D eigenvalue weighted by Crippen LogP contribution is 2.25. The highest BCUT2D eigenvalue weighted by molar-refractivity contribution is 7.91. The van der Waals surface area contributed by atoms with E-state index in [-0.39, 0.29) is 9.79 Å². The fourth-order valence-electron chi connectivity index (χ4n) is 4.03. The van der Waals surface area contributed by atoms with Crippen LogP contribution in [-0.4, -0.2) is 58.5 Å². The van der Waals surface area contributed by atoms with Crippen LogP contribution in [0.15, 0.2) is 70.5 Å². The smallest absolute Gasteiger partial charge is 0.243 e. The molecule has 164 valence electrons. The molecule has 0 aromatic heterocycles. The SMILES string of the molecule is Cc1ccc(S(C)(=O)=O)cc1S(=O)(=O)N1CCN(Cc2cccc3ccccc23)CC1. The summed E-state index contributed by atoms with van der Waals surface area (Å²) in [7, 11) is -7.25. The quantitative estimate of drug-likeness (QED) is 0.588. The number of benzene rings is 3. The van der Waals surface area contributed by atoms with Gasteiger partial charge in [0, 0.05) is 39.0 Å². The Morgan fingerprint density at radius 3 is 2.23 bits per heavy atom. The lowest BCUT2D eigenvalue weighted by Gasteiger charge is -2.34. The van der Waals surface area contributed by atoms with Crippen LogP contribution >= 0.6 is 0 Å². The van der Waals surface area contributed by atoms with Gasteiger partial charge in [-0.05, 0) is 41.0 Å². The van der Waals surface area contributed by atoms with Crippen LogP contribution in [0.5, 0.6) is 0 Å². The first-order valence-corrected chi connectivity index (χ1v) is 13.5. The van der Waals surface area contributed by atoms with E-state index in [1.165, 1.54) is 32.8 Å². The van der Waals surface area contributed by atoms with Crippen molar-refractivity contribution in [2.45, 2.75) is 23.3 Å². The van der Waals surface area contributed by atoms with Gasteiger partial charge in [-0.15, -0.1) is 0 Å². The van der Waals surface area contributed by atoms with Gasteiger partial charge in [-0.1, -0.05) is 48.5 Å². The number of aryl methyl sites for hydroxylation is 1. The molecule has 0 unspecified atom stereocenters. The van der Waals surface area contributed by atoms with E-state index >= 15 is 0 Å². The topological polar surface area (TPSA) is 74.8 Å². The van der Waals surface area contributed by atoms with Crippen LogP contribution in [-0.2, 0) is 26.4 Å². The van der Waals surface area contributed by atoms with E-state index in [1.807, 2.05) is 12.1 Å². The second-order valence-corrected chi connectivity index (χ2v) is 11.9. The van der Waals surface area contributed by atoms with Crippen molar-refractivity contribution in [1.29, 1.82) is 0 Å². The van der Waals surface area contributed by atoms with Gasteiger partial charge in [0.25, 0.3) is 0 Å². The number of rotatable bonds is 5. The Balaban J connectivity index is 1.51. The Hall–Kier alpha value is -2.26. The lowest BCUT2D eigenvalue weighted by molar-refractivity contribution is 0.182. The van der Waals surface area contributed by atoms with Gasteiger partial charge in [0.15, 0.2) is 9.84 Å². The standard InChI is InChI=1S/C23H26N2O4S2/c1-18-10-11-21(30(2,26)27)16-23(18)31(28,29)25-14-12-24(13-15-25)17-20-8-5-7-19-6-3-4-9-22(19)20/h3-11,16H,12-15,17H2,1-2H3. The molecule has 6 nitrogen and oxygen atoms in total. The van der Waals surface area contributed by atoms with Crippen molar-refractivity contribution < 1.29 is 16.8 Å². The van der Waals surface area contributed by atoms with Crippen molar-refractivity contribution >= 4 is 30.6 Å². The molecule has 0 spiro atoms. The summed E-state index contributed by atoms with van der Waals surface area (Å²) in [4.78, 5) is 2.34. The van der Waals surface area contributed by atoms with Crippen LogP contribution < -0.4 is 0 Å². The van der Waals surface area contributed by atoms with Crippen molar-refractivity contribution in [3.63, 3.8) is 0 Å². The highest BCUT2D eigenvalue weighted by atomic mass is 32.2. The number of sulfone groups is 1. The maximum Gasteiger partial charge on any atom is 0.243 e.